The fourth-order valence-electron chi connectivity index (χ4n) is 9.66. The summed E-state index contributed by atoms with van der Waals surface area (Å²) in [4.78, 5) is 0. The monoisotopic (exact) mass is 1070 g/mol. The van der Waals surface area contributed by atoms with Crippen molar-refractivity contribution in [1.29, 1.82) is 5.26 Å². The van der Waals surface area contributed by atoms with Gasteiger partial charge < -0.3 is 9.13 Å². The van der Waals surface area contributed by atoms with Crippen LogP contribution in [0, 0.1) is 11.3 Å². The Morgan fingerprint density at radius 3 is 0.934 bits per heavy atom. The van der Waals surface area contributed by atoms with Crippen LogP contribution in [0.15, 0.2) is 152 Å². The predicted octanol–water partition coefficient (Wildman–Crippen LogP) is 18.9. The molecule has 0 N–H and O–H groups in total. The Labute approximate surface area is 414 Å². The fourth-order valence-corrected chi connectivity index (χ4v) is 9.66. The van der Waals surface area contributed by atoms with Crippen molar-refractivity contribution in [2.24, 2.45) is 0 Å². The van der Waals surface area contributed by atoms with Gasteiger partial charge in [-0.3, -0.25) is 0 Å². The number of rotatable bonds is 5. The zero-order valence-corrected chi connectivity index (χ0v) is 37.6. The molecule has 0 aliphatic rings. The summed E-state index contributed by atoms with van der Waals surface area (Å²) in [6.45, 7) is 0. The summed E-state index contributed by atoms with van der Waals surface area (Å²) in [5.41, 5.74) is -13.3. The second-order valence-electron chi connectivity index (χ2n) is 17.4. The number of hydrogen-bond donors (Lipinski definition) is 0. The van der Waals surface area contributed by atoms with Crippen molar-refractivity contribution in [3.63, 3.8) is 0 Å². The first-order valence-electron chi connectivity index (χ1n) is 22.0. The molecule has 10 rings (SSSR count). The van der Waals surface area contributed by atoms with Crippen molar-refractivity contribution in [2.75, 3.05) is 0 Å². The minimum absolute atomic E-state index is 0.0462. The van der Waals surface area contributed by atoms with Gasteiger partial charge in [0.1, 0.15) is 11.6 Å². The van der Waals surface area contributed by atoms with E-state index in [1.54, 1.807) is 0 Å². The molecule has 21 heteroatoms. The third kappa shape index (κ3) is 8.77. The lowest BCUT2D eigenvalue weighted by Crippen LogP contribution is -2.12. The second kappa shape index (κ2) is 17.3. The fraction of sp³-hybridized carbons (Fsp3) is 0.109. The van der Waals surface area contributed by atoms with Gasteiger partial charge in [-0.1, -0.05) is 66.7 Å². The van der Waals surface area contributed by atoms with E-state index in [9.17, 15) is 71.1 Å². The number of fused-ring (bicyclic) bond motifs is 6. The summed E-state index contributed by atoms with van der Waals surface area (Å²) in [5.74, 6) is 0. The molecule has 0 spiro atoms. The third-order valence-corrected chi connectivity index (χ3v) is 12.9. The van der Waals surface area contributed by atoms with Crippen LogP contribution >= 0.6 is 0 Å². The predicted molar refractivity (Wildman–Crippen MR) is 246 cm³/mol. The maximum absolute atomic E-state index is 15.1. The van der Waals surface area contributed by atoms with Crippen LogP contribution in [0.5, 0.6) is 0 Å². The number of nitrogens with zero attached hydrogens (tertiary/aromatic N) is 3. The Kier molecular flexibility index (Phi) is 11.6. The third-order valence-electron chi connectivity index (χ3n) is 12.9. The largest absolute Gasteiger partial charge is 0.417 e. The SMILES string of the molecule is N#Cc1c(-n2c3ccccc3c3cc(-c4ccc(C(F)(F)F)cc4C(F)(F)F)ccc32)cc(-c2ccc(C(F)(F)F)cc2C(F)(F)F)cc1-n1c2ccccc2c2cc(-c3ccc(C(F)(F)F)cc3C(F)(F)F)ccc21. The highest BCUT2D eigenvalue weighted by atomic mass is 19.4. The van der Waals surface area contributed by atoms with Gasteiger partial charge in [-0.25, -0.2) is 0 Å². The highest BCUT2D eigenvalue weighted by Gasteiger charge is 2.42. The highest BCUT2D eigenvalue weighted by molar-refractivity contribution is 6.12. The number of para-hydroxylation sites is 2. The Morgan fingerprint density at radius 2 is 0.618 bits per heavy atom. The molecular formula is C55H25F18N3. The molecule has 0 aliphatic carbocycles. The van der Waals surface area contributed by atoms with Crippen molar-refractivity contribution in [2.45, 2.75) is 37.1 Å². The minimum Gasteiger partial charge on any atom is -0.308 e. The van der Waals surface area contributed by atoms with Crippen molar-refractivity contribution < 1.29 is 79.0 Å². The molecule has 8 aromatic carbocycles. The zero-order chi connectivity index (χ0) is 54.8. The van der Waals surface area contributed by atoms with E-state index in [4.69, 9.17) is 0 Å². The Morgan fingerprint density at radius 1 is 0.303 bits per heavy atom. The number of benzene rings is 8. The molecule has 0 saturated carbocycles. The van der Waals surface area contributed by atoms with Crippen LogP contribution < -0.4 is 0 Å². The van der Waals surface area contributed by atoms with Crippen LogP contribution in [0.1, 0.15) is 38.9 Å². The Balaban J connectivity index is 1.29. The van der Waals surface area contributed by atoms with Gasteiger partial charge in [0.15, 0.2) is 0 Å². The van der Waals surface area contributed by atoms with Gasteiger partial charge in [0.05, 0.1) is 66.8 Å². The molecule has 386 valence electrons. The smallest absolute Gasteiger partial charge is 0.308 e. The molecule has 0 atom stereocenters. The summed E-state index contributed by atoms with van der Waals surface area (Å²) < 4.78 is 259. The normalized spacial score (nSPS) is 13.1. The lowest BCUT2D eigenvalue weighted by atomic mass is 9.94. The number of aromatic nitrogens is 2. The average Bonchev–Trinajstić information content (AvgIpc) is 3.92. The van der Waals surface area contributed by atoms with E-state index < -0.39 is 92.7 Å². The Hall–Kier alpha value is -8.41. The summed E-state index contributed by atoms with van der Waals surface area (Å²) in [6.07, 6.45) is -31.6. The lowest BCUT2D eigenvalue weighted by molar-refractivity contribution is -0.144. The van der Waals surface area contributed by atoms with Crippen LogP contribution in [-0.2, 0) is 37.1 Å². The number of hydrogen-bond acceptors (Lipinski definition) is 1. The zero-order valence-electron chi connectivity index (χ0n) is 37.6. The molecular weight excluding hydrogens is 1040 g/mol. The molecule has 3 nitrogen and oxygen atoms in total. The minimum atomic E-state index is -5.46. The topological polar surface area (TPSA) is 33.6 Å². The van der Waals surface area contributed by atoms with Crippen molar-refractivity contribution in [1.82, 2.24) is 9.13 Å². The van der Waals surface area contributed by atoms with Gasteiger partial charge in [0.25, 0.3) is 0 Å². The van der Waals surface area contributed by atoms with E-state index in [-0.39, 0.29) is 89.9 Å². The van der Waals surface area contributed by atoms with Crippen LogP contribution in [0.2, 0.25) is 0 Å². The van der Waals surface area contributed by atoms with Gasteiger partial charge in [0, 0.05) is 21.5 Å². The molecule has 10 aromatic rings. The van der Waals surface area contributed by atoms with E-state index in [1.165, 1.54) is 81.9 Å². The first-order chi connectivity index (χ1) is 35.4. The molecule has 0 amide bonds. The molecule has 0 aliphatic heterocycles. The van der Waals surface area contributed by atoms with Crippen LogP contribution in [-0.4, -0.2) is 9.13 Å². The van der Waals surface area contributed by atoms with E-state index in [0.29, 0.717) is 36.4 Å². The molecule has 2 heterocycles. The van der Waals surface area contributed by atoms with Crippen molar-refractivity contribution in [3.05, 3.63) is 191 Å². The van der Waals surface area contributed by atoms with Crippen molar-refractivity contribution >= 4 is 43.6 Å². The maximum Gasteiger partial charge on any atom is 0.417 e. The molecule has 2 aromatic heterocycles. The molecule has 0 bridgehead atoms. The number of halogens is 18. The molecule has 0 fully saturated rings. The van der Waals surface area contributed by atoms with E-state index in [0.717, 1.165) is 24.3 Å². The average molecular weight is 1070 g/mol. The highest BCUT2D eigenvalue weighted by Crippen LogP contribution is 2.48. The summed E-state index contributed by atoms with van der Waals surface area (Å²) in [6, 6.07) is 26.4. The van der Waals surface area contributed by atoms with Gasteiger partial charge in [-0.2, -0.15) is 84.3 Å². The first-order valence-corrected chi connectivity index (χ1v) is 22.0. The van der Waals surface area contributed by atoms with Crippen LogP contribution in [0.25, 0.3) is 88.4 Å². The lowest BCUT2D eigenvalue weighted by Gasteiger charge is -2.21. The molecule has 0 radical (unpaired) electrons. The van der Waals surface area contributed by atoms with E-state index in [1.807, 2.05) is 0 Å². The summed E-state index contributed by atoms with van der Waals surface area (Å²) >= 11 is 0. The van der Waals surface area contributed by atoms with Gasteiger partial charge >= 0.3 is 37.1 Å². The Bertz CT molecular complexity index is 3830. The number of nitriles is 1. The molecule has 0 unspecified atom stereocenters. The van der Waals surface area contributed by atoms with Gasteiger partial charge in [-0.15, -0.1) is 0 Å². The van der Waals surface area contributed by atoms with E-state index >= 15 is 13.2 Å². The summed E-state index contributed by atoms with van der Waals surface area (Å²) in [5, 5.41) is 12.0. The maximum atomic E-state index is 15.1. The first kappa shape index (κ1) is 51.1. The van der Waals surface area contributed by atoms with Gasteiger partial charge in [-0.05, 0) is 118 Å². The van der Waals surface area contributed by atoms with Crippen molar-refractivity contribution in [3.8, 4) is 50.8 Å². The van der Waals surface area contributed by atoms with Gasteiger partial charge in [0.2, 0.25) is 0 Å². The van der Waals surface area contributed by atoms with E-state index in [2.05, 4.69) is 6.07 Å². The van der Waals surface area contributed by atoms with Crippen LogP contribution in [0.4, 0.5) is 79.0 Å². The van der Waals surface area contributed by atoms with Crippen LogP contribution in [0.3, 0.4) is 0 Å². The second-order valence-corrected chi connectivity index (χ2v) is 17.4. The quantitative estimate of drug-likeness (QED) is 0.158. The summed E-state index contributed by atoms with van der Waals surface area (Å²) in [7, 11) is 0. The standard InChI is InChI=1S/C55H25F18N3/c56-50(57,58)30-11-14-33(41(23-30)53(65,66)67)27-9-17-46-38(19-27)36-5-1-3-7-44(36)75(46)48-21-29(35-16-13-32(52(62,63)64)25-43(35)55(71,72)73)22-49(40(48)26-74)76-45-8-4-2-6-37(45)39-20-28(10-18-47(39)76)34-15-12-31(51(59,60)61)24-42(34)54(68,69)70/h1-25H. The molecule has 76 heavy (non-hydrogen) atoms. The number of alkyl halides is 18. The molecule has 0 saturated heterocycles.